The number of ether oxygens (including phenoxy) is 3. The zero-order valence-electron chi connectivity index (χ0n) is 10.2. The van der Waals surface area contributed by atoms with Crippen LogP contribution in [0, 0.1) is 0 Å². The van der Waals surface area contributed by atoms with E-state index in [4.69, 9.17) is 14.2 Å². The first-order chi connectivity index (χ1) is 8.78. The van der Waals surface area contributed by atoms with Gasteiger partial charge in [0.05, 0.1) is 31.9 Å². The maximum absolute atomic E-state index is 12.3. The zero-order chi connectivity index (χ0) is 12.5. The first-order valence-corrected chi connectivity index (χ1v) is 5.99. The van der Waals surface area contributed by atoms with Crippen LogP contribution in [0.15, 0.2) is 18.2 Å². The van der Waals surface area contributed by atoms with Gasteiger partial charge in [0.1, 0.15) is 18.1 Å². The number of benzene rings is 1. The summed E-state index contributed by atoms with van der Waals surface area (Å²) in [4.78, 5) is 14.1. The minimum absolute atomic E-state index is 0.000605. The Bertz CT molecular complexity index is 470. The Morgan fingerprint density at radius 3 is 3.06 bits per heavy atom. The van der Waals surface area contributed by atoms with E-state index in [0.29, 0.717) is 36.8 Å². The molecule has 3 rings (SSSR count). The molecule has 96 valence electrons. The predicted molar refractivity (Wildman–Crippen MR) is 64.1 cm³/mol. The first kappa shape index (κ1) is 11.3. The van der Waals surface area contributed by atoms with Crippen LogP contribution >= 0.6 is 0 Å². The average molecular weight is 249 g/mol. The molecular weight excluding hydrogens is 234 g/mol. The fraction of sp³-hybridized carbons (Fsp3) is 0.462. The van der Waals surface area contributed by atoms with E-state index < -0.39 is 0 Å². The van der Waals surface area contributed by atoms with E-state index in [2.05, 4.69) is 0 Å². The quantitative estimate of drug-likeness (QED) is 0.748. The Morgan fingerprint density at radius 2 is 2.33 bits per heavy atom. The van der Waals surface area contributed by atoms with Crippen molar-refractivity contribution in [3.05, 3.63) is 23.8 Å². The number of carbonyl (C=O) groups excluding carboxylic acids is 1. The largest absolute Gasteiger partial charge is 0.497 e. The molecule has 1 saturated heterocycles. The molecule has 1 amide bonds. The van der Waals surface area contributed by atoms with E-state index in [9.17, 15) is 4.79 Å². The van der Waals surface area contributed by atoms with Crippen molar-refractivity contribution in [3.63, 3.8) is 0 Å². The average Bonchev–Trinajstić information content (AvgIpc) is 3.21. The monoisotopic (exact) mass is 249 g/mol. The Labute approximate surface area is 105 Å². The number of epoxide rings is 1. The summed E-state index contributed by atoms with van der Waals surface area (Å²) in [6, 6.07) is 5.28. The molecule has 18 heavy (non-hydrogen) atoms. The van der Waals surface area contributed by atoms with E-state index in [1.54, 1.807) is 30.2 Å². The standard InChI is InChI=1S/C13H15NO4/c1-16-9-2-3-11-12(6-9)17-5-4-14(13(11)15)7-10-8-18-10/h2-3,6,10H,4-5,7-8H2,1H3. The summed E-state index contributed by atoms with van der Waals surface area (Å²) in [6.07, 6.45) is 0.203. The van der Waals surface area contributed by atoms with E-state index >= 15 is 0 Å². The van der Waals surface area contributed by atoms with Gasteiger partial charge in [0.2, 0.25) is 0 Å². The summed E-state index contributed by atoms with van der Waals surface area (Å²) in [5.74, 6) is 1.29. The fourth-order valence-corrected chi connectivity index (χ4v) is 2.06. The highest BCUT2D eigenvalue weighted by atomic mass is 16.6. The summed E-state index contributed by atoms with van der Waals surface area (Å²) in [7, 11) is 1.59. The molecule has 1 aromatic carbocycles. The Kier molecular flexibility index (Phi) is 2.83. The number of amides is 1. The van der Waals surface area contributed by atoms with Gasteiger partial charge in [0, 0.05) is 12.6 Å². The van der Waals surface area contributed by atoms with E-state index in [0.717, 1.165) is 6.61 Å². The third-order valence-electron chi connectivity index (χ3n) is 3.15. The Hall–Kier alpha value is -1.75. The predicted octanol–water partition coefficient (Wildman–Crippen LogP) is 0.929. The van der Waals surface area contributed by atoms with Crippen molar-refractivity contribution in [3.8, 4) is 11.5 Å². The van der Waals surface area contributed by atoms with Crippen LogP contribution in [0.2, 0.25) is 0 Å². The molecule has 1 unspecified atom stereocenters. The zero-order valence-corrected chi connectivity index (χ0v) is 10.2. The number of nitrogens with zero attached hydrogens (tertiary/aromatic N) is 1. The smallest absolute Gasteiger partial charge is 0.257 e. The van der Waals surface area contributed by atoms with E-state index in [1.165, 1.54) is 0 Å². The SMILES string of the molecule is COc1ccc2c(c1)OCCN(CC1CO1)C2=O. The van der Waals surface area contributed by atoms with E-state index in [1.807, 2.05) is 0 Å². The van der Waals surface area contributed by atoms with Crippen molar-refractivity contribution in [2.75, 3.05) is 33.4 Å². The second-order valence-corrected chi connectivity index (χ2v) is 4.42. The van der Waals surface area contributed by atoms with Crippen LogP contribution in [0.5, 0.6) is 11.5 Å². The summed E-state index contributed by atoms with van der Waals surface area (Å²) in [6.45, 7) is 2.49. The number of hydrogen-bond acceptors (Lipinski definition) is 4. The number of fused-ring (bicyclic) bond motifs is 1. The van der Waals surface area contributed by atoms with Crippen LogP contribution in [0.4, 0.5) is 0 Å². The van der Waals surface area contributed by atoms with Crippen LogP contribution in [0.3, 0.4) is 0 Å². The second-order valence-electron chi connectivity index (χ2n) is 4.42. The molecule has 0 radical (unpaired) electrons. The van der Waals surface area contributed by atoms with Gasteiger partial charge in [-0.05, 0) is 12.1 Å². The van der Waals surface area contributed by atoms with Crippen molar-refractivity contribution in [2.45, 2.75) is 6.10 Å². The fourth-order valence-electron chi connectivity index (χ4n) is 2.06. The van der Waals surface area contributed by atoms with Gasteiger partial charge in [-0.2, -0.15) is 0 Å². The molecular formula is C13H15NO4. The van der Waals surface area contributed by atoms with Gasteiger partial charge < -0.3 is 19.1 Å². The molecule has 0 N–H and O–H groups in total. The van der Waals surface area contributed by atoms with Crippen LogP contribution in [-0.4, -0.2) is 50.3 Å². The van der Waals surface area contributed by atoms with Gasteiger partial charge in [0.25, 0.3) is 5.91 Å². The lowest BCUT2D eigenvalue weighted by atomic mass is 10.1. The van der Waals surface area contributed by atoms with Crippen LogP contribution in [0.25, 0.3) is 0 Å². The highest BCUT2D eigenvalue weighted by molar-refractivity contribution is 5.97. The Morgan fingerprint density at radius 1 is 1.50 bits per heavy atom. The lowest BCUT2D eigenvalue weighted by Gasteiger charge is -2.18. The topological polar surface area (TPSA) is 51.3 Å². The second kappa shape index (κ2) is 4.49. The molecule has 2 heterocycles. The molecule has 5 nitrogen and oxygen atoms in total. The number of methoxy groups -OCH3 is 1. The molecule has 0 aromatic heterocycles. The minimum atomic E-state index is 0.000605. The van der Waals surface area contributed by atoms with E-state index in [-0.39, 0.29) is 12.0 Å². The van der Waals surface area contributed by atoms with Gasteiger partial charge in [-0.15, -0.1) is 0 Å². The first-order valence-electron chi connectivity index (χ1n) is 5.99. The van der Waals surface area contributed by atoms with Gasteiger partial charge in [-0.3, -0.25) is 4.79 Å². The molecule has 2 aliphatic heterocycles. The number of carbonyl (C=O) groups is 1. The molecule has 5 heteroatoms. The molecule has 0 aliphatic carbocycles. The molecule has 2 aliphatic rings. The van der Waals surface area contributed by atoms with Crippen LogP contribution < -0.4 is 9.47 Å². The number of hydrogen-bond donors (Lipinski definition) is 0. The third kappa shape index (κ3) is 2.13. The molecule has 0 saturated carbocycles. The van der Waals surface area contributed by atoms with Crippen LogP contribution in [-0.2, 0) is 4.74 Å². The van der Waals surface area contributed by atoms with Gasteiger partial charge in [0.15, 0.2) is 0 Å². The normalized spacial score (nSPS) is 21.9. The minimum Gasteiger partial charge on any atom is -0.497 e. The molecule has 1 fully saturated rings. The molecule has 0 spiro atoms. The summed E-state index contributed by atoms with van der Waals surface area (Å²) in [5, 5.41) is 0. The summed E-state index contributed by atoms with van der Waals surface area (Å²) < 4.78 is 15.9. The molecule has 0 bridgehead atoms. The highest BCUT2D eigenvalue weighted by Crippen LogP contribution is 2.28. The molecule has 1 aromatic rings. The maximum Gasteiger partial charge on any atom is 0.257 e. The van der Waals surface area contributed by atoms with Gasteiger partial charge in [-0.25, -0.2) is 0 Å². The summed E-state index contributed by atoms with van der Waals surface area (Å²) >= 11 is 0. The van der Waals surface area contributed by atoms with Crippen molar-refractivity contribution < 1.29 is 19.0 Å². The third-order valence-corrected chi connectivity index (χ3v) is 3.15. The van der Waals surface area contributed by atoms with Crippen molar-refractivity contribution >= 4 is 5.91 Å². The van der Waals surface area contributed by atoms with Crippen molar-refractivity contribution in [1.82, 2.24) is 4.90 Å². The van der Waals surface area contributed by atoms with Gasteiger partial charge in [-0.1, -0.05) is 0 Å². The number of rotatable bonds is 3. The lowest BCUT2D eigenvalue weighted by Crippen LogP contribution is -2.35. The van der Waals surface area contributed by atoms with Crippen molar-refractivity contribution in [2.24, 2.45) is 0 Å². The maximum atomic E-state index is 12.3. The Balaban J connectivity index is 1.87. The molecule has 1 atom stereocenters. The summed E-state index contributed by atoms with van der Waals surface area (Å²) in [5.41, 5.74) is 0.592. The van der Waals surface area contributed by atoms with Crippen molar-refractivity contribution in [1.29, 1.82) is 0 Å². The highest BCUT2D eigenvalue weighted by Gasteiger charge is 2.30. The van der Waals surface area contributed by atoms with Gasteiger partial charge >= 0.3 is 0 Å². The lowest BCUT2D eigenvalue weighted by molar-refractivity contribution is 0.0742. The van der Waals surface area contributed by atoms with Crippen LogP contribution in [0.1, 0.15) is 10.4 Å².